The zero-order valence-corrected chi connectivity index (χ0v) is 20.1. The molecule has 8 heteroatoms. The van der Waals surface area contributed by atoms with Crippen LogP contribution in [0.4, 0.5) is 5.69 Å². The lowest BCUT2D eigenvalue weighted by atomic mass is 10.1. The Balaban J connectivity index is 1.43. The molecule has 1 fully saturated rings. The highest BCUT2D eigenvalue weighted by Gasteiger charge is 2.24. The summed E-state index contributed by atoms with van der Waals surface area (Å²) in [5, 5.41) is 13.7. The fraction of sp³-hybridized carbons (Fsp3) is 0.0714. The molecule has 0 unspecified atom stereocenters. The molecular formula is C28H20N4O3S. The maximum atomic E-state index is 12.7. The van der Waals surface area contributed by atoms with Crippen molar-refractivity contribution in [2.75, 3.05) is 7.11 Å². The van der Waals surface area contributed by atoms with Gasteiger partial charge in [0.1, 0.15) is 0 Å². The van der Waals surface area contributed by atoms with Gasteiger partial charge in [0.25, 0.3) is 5.91 Å². The third kappa shape index (κ3) is 4.65. The molecule has 0 atom stereocenters. The van der Waals surface area contributed by atoms with Gasteiger partial charge >= 0.3 is 5.97 Å². The van der Waals surface area contributed by atoms with E-state index in [1.165, 1.54) is 18.9 Å². The van der Waals surface area contributed by atoms with Gasteiger partial charge in [0, 0.05) is 29.2 Å². The number of esters is 1. The smallest absolute Gasteiger partial charge is 0.337 e. The van der Waals surface area contributed by atoms with E-state index >= 15 is 0 Å². The first-order valence-electron chi connectivity index (χ1n) is 11.1. The van der Waals surface area contributed by atoms with Gasteiger partial charge in [-0.05, 0) is 59.8 Å². The highest BCUT2D eigenvalue weighted by atomic mass is 32.2. The van der Waals surface area contributed by atoms with E-state index in [1.54, 1.807) is 24.3 Å². The van der Waals surface area contributed by atoms with E-state index in [2.05, 4.69) is 20.9 Å². The van der Waals surface area contributed by atoms with Crippen LogP contribution in [-0.4, -0.2) is 28.7 Å². The molecule has 4 aromatic rings. The topological polar surface area (TPSA) is 96.5 Å². The van der Waals surface area contributed by atoms with Crippen molar-refractivity contribution in [1.82, 2.24) is 9.88 Å². The van der Waals surface area contributed by atoms with Crippen molar-refractivity contribution in [3.8, 4) is 6.07 Å². The lowest BCUT2D eigenvalue weighted by Crippen LogP contribution is -2.19. The molecule has 1 aliphatic heterocycles. The Morgan fingerprint density at radius 3 is 2.64 bits per heavy atom. The molecule has 1 amide bonds. The van der Waals surface area contributed by atoms with Crippen molar-refractivity contribution >= 4 is 51.5 Å². The molecule has 0 bridgehead atoms. The average Bonchev–Trinajstić information content (AvgIpc) is 3.43. The minimum absolute atomic E-state index is 0.225. The predicted octanol–water partition coefficient (Wildman–Crippen LogP) is 5.24. The van der Waals surface area contributed by atoms with Gasteiger partial charge in [0.05, 0.1) is 34.9 Å². The Morgan fingerprint density at radius 1 is 1.11 bits per heavy atom. The van der Waals surface area contributed by atoms with Gasteiger partial charge in [-0.1, -0.05) is 36.4 Å². The number of hydrogen-bond donors (Lipinski definition) is 1. The van der Waals surface area contributed by atoms with Crippen LogP contribution in [0, 0.1) is 11.3 Å². The fourth-order valence-corrected chi connectivity index (χ4v) is 4.83. The number of benzene rings is 3. The lowest BCUT2D eigenvalue weighted by molar-refractivity contribution is -0.115. The highest BCUT2D eigenvalue weighted by Crippen LogP contribution is 2.31. The Bertz CT molecular complexity index is 1590. The summed E-state index contributed by atoms with van der Waals surface area (Å²) >= 11 is 1.26. The van der Waals surface area contributed by atoms with Crippen LogP contribution < -0.4 is 5.32 Å². The number of thioether (sulfide) groups is 1. The molecule has 0 radical (unpaired) electrons. The van der Waals surface area contributed by atoms with Crippen LogP contribution >= 0.6 is 11.8 Å². The van der Waals surface area contributed by atoms with Crippen LogP contribution in [0.25, 0.3) is 17.0 Å². The van der Waals surface area contributed by atoms with Crippen molar-refractivity contribution in [1.29, 1.82) is 5.26 Å². The number of ether oxygens (including phenoxy) is 1. The SMILES string of the molecule is COC(=O)c1ccc(N=C2NC(=O)/C(=C/c3cn(Cc4ccccc4C#N)c4ccccc34)S2)cc1. The number of aromatic nitrogens is 1. The largest absolute Gasteiger partial charge is 0.465 e. The molecule has 3 aromatic carbocycles. The number of hydrogen-bond acceptors (Lipinski definition) is 6. The van der Waals surface area contributed by atoms with E-state index in [1.807, 2.05) is 60.8 Å². The summed E-state index contributed by atoms with van der Waals surface area (Å²) in [7, 11) is 1.33. The number of rotatable bonds is 5. The number of carbonyl (C=O) groups excluding carboxylic acids is 2. The molecule has 0 spiro atoms. The Hall–Kier alpha value is -4.61. The second-order valence-corrected chi connectivity index (χ2v) is 9.05. The molecule has 0 saturated carbocycles. The number of fused-ring (bicyclic) bond motifs is 1. The summed E-state index contributed by atoms with van der Waals surface area (Å²) in [6.07, 6.45) is 3.86. The molecule has 5 rings (SSSR count). The van der Waals surface area contributed by atoms with Gasteiger partial charge in [-0.15, -0.1) is 0 Å². The molecule has 7 nitrogen and oxygen atoms in total. The minimum atomic E-state index is -0.418. The lowest BCUT2D eigenvalue weighted by Gasteiger charge is -2.07. The van der Waals surface area contributed by atoms with Crippen LogP contribution in [0.15, 0.2) is 88.9 Å². The van der Waals surface area contributed by atoms with E-state index < -0.39 is 5.97 Å². The zero-order chi connectivity index (χ0) is 25.1. The molecule has 1 saturated heterocycles. The Morgan fingerprint density at radius 2 is 1.86 bits per heavy atom. The van der Waals surface area contributed by atoms with Crippen LogP contribution in [0.3, 0.4) is 0 Å². The van der Waals surface area contributed by atoms with Crippen LogP contribution in [0.1, 0.15) is 27.0 Å². The standard InChI is InChI=1S/C28H20N4O3S/c1-35-27(34)18-10-12-22(13-11-18)30-28-31-26(33)25(36-28)14-21-17-32(24-9-5-4-8-23(21)24)16-20-7-3-2-6-19(20)15-29/h2-14,17H,16H2,1H3,(H,30,31,33)/b25-14-. The van der Waals surface area contributed by atoms with Crippen molar-refractivity contribution in [2.24, 2.45) is 4.99 Å². The van der Waals surface area contributed by atoms with E-state index in [0.717, 1.165) is 22.0 Å². The third-order valence-corrected chi connectivity index (χ3v) is 6.66. The van der Waals surface area contributed by atoms with Gasteiger partial charge in [0.15, 0.2) is 5.17 Å². The summed E-state index contributed by atoms with van der Waals surface area (Å²) in [5.74, 6) is -0.644. The van der Waals surface area contributed by atoms with Gasteiger partial charge in [-0.25, -0.2) is 9.79 Å². The van der Waals surface area contributed by atoms with E-state index in [0.29, 0.717) is 33.4 Å². The molecule has 1 aromatic heterocycles. The number of methoxy groups -OCH3 is 1. The van der Waals surface area contributed by atoms with Gasteiger partial charge in [-0.3, -0.25) is 4.79 Å². The van der Waals surface area contributed by atoms with Crippen molar-refractivity contribution in [3.63, 3.8) is 0 Å². The minimum Gasteiger partial charge on any atom is -0.465 e. The number of aliphatic imine (C=N–C) groups is 1. The third-order valence-electron chi connectivity index (χ3n) is 5.75. The highest BCUT2D eigenvalue weighted by molar-refractivity contribution is 8.18. The molecular weight excluding hydrogens is 472 g/mol. The maximum absolute atomic E-state index is 12.7. The first kappa shape index (κ1) is 23.1. The summed E-state index contributed by atoms with van der Waals surface area (Å²) in [6, 6.07) is 24.4. The van der Waals surface area contributed by atoms with Crippen molar-refractivity contribution < 1.29 is 14.3 Å². The quantitative estimate of drug-likeness (QED) is 0.304. The first-order chi connectivity index (χ1) is 17.6. The number of amides is 1. The molecule has 1 aliphatic rings. The van der Waals surface area contributed by atoms with Crippen molar-refractivity contribution in [3.05, 3.63) is 106 Å². The molecule has 2 heterocycles. The van der Waals surface area contributed by atoms with E-state index in [9.17, 15) is 14.9 Å². The van der Waals surface area contributed by atoms with Gasteiger partial charge in [-0.2, -0.15) is 5.26 Å². The normalized spacial score (nSPS) is 15.3. The van der Waals surface area contributed by atoms with Crippen LogP contribution in [0.2, 0.25) is 0 Å². The molecule has 0 aliphatic carbocycles. The number of nitrogens with zero attached hydrogens (tertiary/aromatic N) is 3. The number of amidine groups is 1. The second-order valence-electron chi connectivity index (χ2n) is 8.02. The number of nitrogens with one attached hydrogen (secondary N) is 1. The zero-order valence-electron chi connectivity index (χ0n) is 19.3. The van der Waals surface area contributed by atoms with Crippen LogP contribution in [-0.2, 0) is 16.1 Å². The fourth-order valence-electron chi connectivity index (χ4n) is 4.00. The van der Waals surface area contributed by atoms with Gasteiger partial charge in [0.2, 0.25) is 0 Å². The van der Waals surface area contributed by atoms with Crippen LogP contribution in [0.5, 0.6) is 0 Å². The average molecular weight is 493 g/mol. The summed E-state index contributed by atoms with van der Waals surface area (Å²) in [4.78, 5) is 29.3. The molecule has 1 N–H and O–H groups in total. The summed E-state index contributed by atoms with van der Waals surface area (Å²) in [5.41, 5.74) is 4.53. The maximum Gasteiger partial charge on any atom is 0.337 e. The molecule has 36 heavy (non-hydrogen) atoms. The Labute approximate surface area is 211 Å². The second kappa shape index (κ2) is 9.94. The van der Waals surface area contributed by atoms with Gasteiger partial charge < -0.3 is 14.6 Å². The monoisotopic (exact) mass is 492 g/mol. The summed E-state index contributed by atoms with van der Waals surface area (Å²) in [6.45, 7) is 0.543. The van der Waals surface area contributed by atoms with Crippen molar-refractivity contribution in [2.45, 2.75) is 6.54 Å². The number of carbonyl (C=O) groups is 2. The predicted molar refractivity (Wildman–Crippen MR) is 141 cm³/mol. The molecule has 176 valence electrons. The first-order valence-corrected chi connectivity index (χ1v) is 11.9. The summed E-state index contributed by atoms with van der Waals surface area (Å²) < 4.78 is 6.80. The Kier molecular flexibility index (Phi) is 6.39. The number of nitriles is 1. The van der Waals surface area contributed by atoms with E-state index in [-0.39, 0.29) is 5.91 Å². The number of para-hydroxylation sites is 1. The van der Waals surface area contributed by atoms with E-state index in [4.69, 9.17) is 4.74 Å².